The maximum Gasteiger partial charge on any atom is 0.254 e. The van der Waals surface area contributed by atoms with Gasteiger partial charge >= 0.3 is 0 Å². The fraction of sp³-hybridized carbons (Fsp3) is 0.500. The summed E-state index contributed by atoms with van der Waals surface area (Å²) in [6.45, 7) is 11.0. The quantitative estimate of drug-likeness (QED) is 0.328. The van der Waals surface area contributed by atoms with Crippen molar-refractivity contribution >= 4 is 39.4 Å². The van der Waals surface area contributed by atoms with Crippen LogP contribution in [0.2, 0.25) is 5.02 Å². The third-order valence-corrected chi connectivity index (χ3v) is 9.32. The second-order valence-corrected chi connectivity index (χ2v) is 13.5. The number of anilines is 1. The summed E-state index contributed by atoms with van der Waals surface area (Å²) in [5, 5.41) is 17.0. The minimum Gasteiger partial charge on any atom is -0.489 e. The fourth-order valence-electron chi connectivity index (χ4n) is 6.61. The van der Waals surface area contributed by atoms with Crippen LogP contribution in [0.5, 0.6) is 5.75 Å². The lowest BCUT2D eigenvalue weighted by molar-refractivity contribution is -0.164. The molecule has 2 aliphatic rings. The van der Waals surface area contributed by atoms with E-state index >= 15 is 0 Å². The van der Waals surface area contributed by atoms with Crippen LogP contribution < -0.4 is 15.0 Å². The Morgan fingerprint density at radius 1 is 1.17 bits per heavy atom. The Bertz CT molecular complexity index is 1430. The minimum absolute atomic E-state index is 0.136. The van der Waals surface area contributed by atoms with Crippen LogP contribution in [-0.4, -0.2) is 50.9 Å². The Morgan fingerprint density at radius 3 is 2.44 bits per heavy atom. The van der Waals surface area contributed by atoms with Crippen LogP contribution in [0.1, 0.15) is 62.9 Å². The number of benzene rings is 1. The zero-order valence-corrected chi connectivity index (χ0v) is 26.1. The van der Waals surface area contributed by atoms with E-state index in [1.165, 1.54) is 0 Å². The number of carbonyl (C=O) groups is 1. The van der Waals surface area contributed by atoms with E-state index in [-0.39, 0.29) is 28.9 Å². The van der Waals surface area contributed by atoms with E-state index in [9.17, 15) is 4.79 Å². The molecule has 0 radical (unpaired) electrons. The number of halogens is 2. The molecule has 0 atom stereocenters. The number of amides is 1. The lowest BCUT2D eigenvalue weighted by Crippen LogP contribution is -2.74. The average molecular weight is 641 g/mol. The smallest absolute Gasteiger partial charge is 0.254 e. The van der Waals surface area contributed by atoms with Gasteiger partial charge in [-0.05, 0) is 53.2 Å². The number of piperidine rings is 1. The van der Waals surface area contributed by atoms with Crippen LogP contribution in [0.15, 0.2) is 47.5 Å². The summed E-state index contributed by atoms with van der Waals surface area (Å²) in [6, 6.07) is 7.00. The van der Waals surface area contributed by atoms with Gasteiger partial charge in [0.05, 0.1) is 26.8 Å². The highest BCUT2D eigenvalue weighted by atomic mass is 79.9. The molecule has 2 fully saturated rings. The Morgan fingerprint density at radius 2 is 1.85 bits per heavy atom. The van der Waals surface area contributed by atoms with Gasteiger partial charge in [-0.2, -0.15) is 10.4 Å². The van der Waals surface area contributed by atoms with Gasteiger partial charge in [0.1, 0.15) is 17.9 Å². The van der Waals surface area contributed by atoms with E-state index in [4.69, 9.17) is 21.6 Å². The van der Waals surface area contributed by atoms with Gasteiger partial charge in [-0.15, -0.1) is 0 Å². The van der Waals surface area contributed by atoms with Crippen LogP contribution in [0.4, 0.5) is 5.95 Å². The number of rotatable bonds is 8. The Hall–Kier alpha value is -3.16. The van der Waals surface area contributed by atoms with Crippen molar-refractivity contribution in [2.45, 2.75) is 65.6 Å². The SMILES string of the molecule is CC1(C)C(NC(=O)c2cnc(N3CCC(CCn4cc(Br)cn4)CC3)nc2)C(C)(C)C1Oc1ccc(C#N)c(Cl)c1. The molecule has 1 saturated heterocycles. The molecule has 0 spiro atoms. The molecular weight excluding hydrogens is 606 g/mol. The van der Waals surface area contributed by atoms with E-state index in [2.05, 4.69) is 75.0 Å². The van der Waals surface area contributed by atoms with E-state index in [0.717, 1.165) is 43.4 Å². The predicted molar refractivity (Wildman–Crippen MR) is 161 cm³/mol. The summed E-state index contributed by atoms with van der Waals surface area (Å²) in [7, 11) is 0. The Balaban J connectivity index is 1.14. The summed E-state index contributed by atoms with van der Waals surface area (Å²) in [5.41, 5.74) is 0.143. The molecule has 1 N–H and O–H groups in total. The first-order chi connectivity index (χ1) is 19.5. The first kappa shape index (κ1) is 29.3. The summed E-state index contributed by atoms with van der Waals surface area (Å²) >= 11 is 9.65. The maximum absolute atomic E-state index is 13.2. The zero-order chi connectivity index (χ0) is 29.4. The fourth-order valence-corrected chi connectivity index (χ4v) is 7.15. The molecular formula is C30H35BrClN7O2. The summed E-state index contributed by atoms with van der Waals surface area (Å²) < 4.78 is 9.31. The van der Waals surface area contributed by atoms with Gasteiger partial charge in [0.25, 0.3) is 5.91 Å². The van der Waals surface area contributed by atoms with E-state index < -0.39 is 0 Å². The molecule has 11 heteroatoms. The molecule has 5 rings (SSSR count). The number of hydrogen-bond donors (Lipinski definition) is 1. The standard InChI is InChI=1S/C30H35BrClN7O2/c1-29(2)26(30(3,4)27(29)41-23-6-5-20(14-33)24(32)13-23)37-25(40)21-15-34-28(35-16-21)38-10-7-19(8-11-38)9-12-39-18-22(31)17-36-39/h5-6,13,15-19,26-27H,7-12H2,1-4H3,(H,37,40). The highest BCUT2D eigenvalue weighted by Gasteiger charge is 2.64. The number of aromatic nitrogens is 4. The molecule has 3 heterocycles. The van der Waals surface area contributed by atoms with Crippen molar-refractivity contribution in [1.29, 1.82) is 5.26 Å². The van der Waals surface area contributed by atoms with E-state index in [0.29, 0.717) is 33.8 Å². The third kappa shape index (κ3) is 6.07. The van der Waals surface area contributed by atoms with Gasteiger partial charge in [0.2, 0.25) is 5.95 Å². The molecule has 1 aliphatic carbocycles. The molecule has 1 amide bonds. The molecule has 9 nitrogen and oxygen atoms in total. The average Bonchev–Trinajstić information content (AvgIpc) is 3.38. The first-order valence-corrected chi connectivity index (χ1v) is 15.1. The van der Waals surface area contributed by atoms with Crippen LogP contribution >= 0.6 is 27.5 Å². The minimum atomic E-state index is -0.349. The molecule has 3 aromatic rings. The summed E-state index contributed by atoms with van der Waals surface area (Å²) in [5.74, 6) is 1.71. The molecule has 0 bridgehead atoms. The normalized spacial score (nSPS) is 21.5. The van der Waals surface area contributed by atoms with Crippen molar-refractivity contribution in [1.82, 2.24) is 25.1 Å². The lowest BCUT2D eigenvalue weighted by Gasteiger charge is -2.63. The van der Waals surface area contributed by atoms with Crippen molar-refractivity contribution in [2.75, 3.05) is 18.0 Å². The maximum atomic E-state index is 13.2. The van der Waals surface area contributed by atoms with Crippen LogP contribution in [0, 0.1) is 28.1 Å². The zero-order valence-electron chi connectivity index (χ0n) is 23.8. The monoisotopic (exact) mass is 639 g/mol. The van der Waals surface area contributed by atoms with Crippen molar-refractivity contribution in [3.63, 3.8) is 0 Å². The highest BCUT2D eigenvalue weighted by molar-refractivity contribution is 9.10. The van der Waals surface area contributed by atoms with Crippen molar-refractivity contribution < 1.29 is 9.53 Å². The molecule has 1 aromatic carbocycles. The van der Waals surface area contributed by atoms with Crippen LogP contribution in [0.3, 0.4) is 0 Å². The second kappa shape index (κ2) is 11.6. The van der Waals surface area contributed by atoms with Gasteiger partial charge in [-0.1, -0.05) is 39.3 Å². The van der Waals surface area contributed by atoms with Crippen molar-refractivity contribution in [2.24, 2.45) is 16.7 Å². The Kier molecular flexibility index (Phi) is 8.31. The molecule has 1 aliphatic heterocycles. The second-order valence-electron chi connectivity index (χ2n) is 12.2. The number of aryl methyl sites for hydroxylation is 1. The van der Waals surface area contributed by atoms with Crippen molar-refractivity contribution in [3.05, 3.63) is 63.6 Å². The number of nitriles is 1. The lowest BCUT2D eigenvalue weighted by atomic mass is 9.49. The molecule has 2 aromatic heterocycles. The van der Waals surface area contributed by atoms with Crippen LogP contribution in [-0.2, 0) is 6.54 Å². The molecule has 41 heavy (non-hydrogen) atoms. The van der Waals surface area contributed by atoms with E-state index in [1.54, 1.807) is 30.6 Å². The largest absolute Gasteiger partial charge is 0.489 e. The number of ether oxygens (including phenoxy) is 1. The first-order valence-electron chi connectivity index (χ1n) is 13.9. The van der Waals surface area contributed by atoms with Crippen molar-refractivity contribution in [3.8, 4) is 11.8 Å². The summed E-state index contributed by atoms with van der Waals surface area (Å²) in [6.07, 6.45) is 10.1. The van der Waals surface area contributed by atoms with Gasteiger partial charge in [0.15, 0.2) is 0 Å². The number of carbonyl (C=O) groups excluding carboxylic acids is 1. The predicted octanol–water partition coefficient (Wildman–Crippen LogP) is 5.88. The van der Waals surface area contributed by atoms with Gasteiger partial charge in [0, 0.05) is 61.2 Å². The number of hydrogen-bond acceptors (Lipinski definition) is 7. The Labute approximate surface area is 254 Å². The molecule has 1 saturated carbocycles. The number of nitrogens with one attached hydrogen (secondary N) is 1. The number of nitrogens with zero attached hydrogens (tertiary/aromatic N) is 6. The molecule has 216 valence electrons. The van der Waals surface area contributed by atoms with Gasteiger partial charge in [-0.3, -0.25) is 9.48 Å². The highest BCUT2D eigenvalue weighted by Crippen LogP contribution is 2.55. The van der Waals surface area contributed by atoms with Crippen LogP contribution in [0.25, 0.3) is 0 Å². The summed E-state index contributed by atoms with van der Waals surface area (Å²) in [4.78, 5) is 24.5. The van der Waals surface area contributed by atoms with Gasteiger partial charge in [-0.25, -0.2) is 9.97 Å². The van der Waals surface area contributed by atoms with E-state index in [1.807, 2.05) is 17.1 Å². The topological polar surface area (TPSA) is 109 Å². The van der Waals surface area contributed by atoms with Gasteiger partial charge < -0.3 is 15.0 Å². The third-order valence-electron chi connectivity index (χ3n) is 8.60. The molecule has 0 unspecified atom stereocenters.